The van der Waals surface area contributed by atoms with Crippen LogP contribution in [0, 0.1) is 5.92 Å². The number of benzene rings is 2. The lowest BCUT2D eigenvalue weighted by Crippen LogP contribution is -2.47. The number of amides is 1. The lowest BCUT2D eigenvalue weighted by atomic mass is 9.85. The third-order valence-electron chi connectivity index (χ3n) is 5.37. The second kappa shape index (κ2) is 8.45. The number of ketones is 1. The fourth-order valence-corrected chi connectivity index (χ4v) is 4.05. The zero-order chi connectivity index (χ0) is 21.3. The molecule has 156 valence electrons. The Morgan fingerprint density at radius 1 is 1.20 bits per heavy atom. The van der Waals surface area contributed by atoms with E-state index in [1.807, 2.05) is 4.90 Å². The molecule has 0 bridgehead atoms. The van der Waals surface area contributed by atoms with Gasteiger partial charge in [0.05, 0.1) is 32.4 Å². The number of carbonyl (C=O) groups is 2. The van der Waals surface area contributed by atoms with Gasteiger partial charge in [-0.1, -0.05) is 11.6 Å². The summed E-state index contributed by atoms with van der Waals surface area (Å²) >= 11 is 6.05. The van der Waals surface area contributed by atoms with Crippen molar-refractivity contribution in [2.45, 2.75) is 6.42 Å². The largest absolute Gasteiger partial charge is 0.493 e. The van der Waals surface area contributed by atoms with Gasteiger partial charge in [0.25, 0.3) is 0 Å². The van der Waals surface area contributed by atoms with Crippen molar-refractivity contribution in [3.63, 3.8) is 0 Å². The lowest BCUT2D eigenvalue weighted by molar-refractivity contribution is -0.117. The predicted molar refractivity (Wildman–Crippen MR) is 116 cm³/mol. The number of nitrogens with zero attached hydrogens (tertiary/aromatic N) is 2. The van der Waals surface area contributed by atoms with Crippen LogP contribution in [0.25, 0.3) is 0 Å². The van der Waals surface area contributed by atoms with Crippen LogP contribution in [0.1, 0.15) is 16.8 Å². The molecule has 2 aromatic carbocycles. The van der Waals surface area contributed by atoms with Crippen LogP contribution in [-0.2, 0) is 4.79 Å². The molecule has 1 atom stereocenters. The van der Waals surface area contributed by atoms with Gasteiger partial charge in [0.2, 0.25) is 5.91 Å². The zero-order valence-corrected chi connectivity index (χ0v) is 17.5. The van der Waals surface area contributed by atoms with Gasteiger partial charge in [-0.15, -0.1) is 0 Å². The van der Waals surface area contributed by atoms with E-state index in [-0.39, 0.29) is 24.2 Å². The van der Waals surface area contributed by atoms with E-state index in [0.29, 0.717) is 53.0 Å². The topological polar surface area (TPSA) is 80.2 Å². The van der Waals surface area contributed by atoms with Gasteiger partial charge in [-0.3, -0.25) is 19.5 Å². The Bertz CT molecular complexity index is 1040. The number of rotatable bonds is 5. The number of nitrogens with one attached hydrogen (secondary N) is 1. The Labute approximate surface area is 179 Å². The van der Waals surface area contributed by atoms with Crippen LogP contribution in [0.4, 0.5) is 11.4 Å². The first-order chi connectivity index (χ1) is 14.5. The van der Waals surface area contributed by atoms with Gasteiger partial charge in [0.1, 0.15) is 0 Å². The number of hydrogen-bond donors (Lipinski definition) is 1. The Hall–Kier alpha value is -2.90. The smallest absolute Gasteiger partial charge is 0.238 e. The third kappa shape index (κ3) is 4.04. The molecule has 1 amide bonds. The normalized spacial score (nSPS) is 18.2. The van der Waals surface area contributed by atoms with E-state index in [0.717, 1.165) is 5.71 Å². The third-order valence-corrected chi connectivity index (χ3v) is 5.60. The van der Waals surface area contributed by atoms with E-state index in [9.17, 15) is 9.59 Å². The number of methoxy groups -OCH3 is 2. The number of likely N-dealkylation sites (tertiary alicyclic amines) is 1. The zero-order valence-electron chi connectivity index (χ0n) is 16.8. The van der Waals surface area contributed by atoms with Gasteiger partial charge in [-0.25, -0.2) is 0 Å². The van der Waals surface area contributed by atoms with Crippen molar-refractivity contribution in [1.29, 1.82) is 0 Å². The summed E-state index contributed by atoms with van der Waals surface area (Å²) in [5, 5.41) is 3.39. The number of ether oxygens (including phenoxy) is 2. The quantitative estimate of drug-likeness (QED) is 0.788. The van der Waals surface area contributed by atoms with Crippen molar-refractivity contribution >= 4 is 40.4 Å². The summed E-state index contributed by atoms with van der Waals surface area (Å²) in [5.74, 6) is 0.657. The van der Waals surface area contributed by atoms with E-state index in [4.69, 9.17) is 21.1 Å². The van der Waals surface area contributed by atoms with Gasteiger partial charge < -0.3 is 14.8 Å². The highest BCUT2D eigenvalue weighted by molar-refractivity contribution is 6.31. The van der Waals surface area contributed by atoms with Crippen LogP contribution in [-0.4, -0.2) is 56.2 Å². The average molecular weight is 428 g/mol. The molecular weight excluding hydrogens is 406 g/mol. The highest BCUT2D eigenvalue weighted by Gasteiger charge is 2.36. The van der Waals surface area contributed by atoms with Crippen molar-refractivity contribution in [2.24, 2.45) is 10.9 Å². The molecule has 1 unspecified atom stereocenters. The van der Waals surface area contributed by atoms with Gasteiger partial charge in [-0.2, -0.15) is 0 Å². The maximum Gasteiger partial charge on any atom is 0.238 e. The first kappa shape index (κ1) is 20.4. The fourth-order valence-electron chi connectivity index (χ4n) is 3.88. The SMILES string of the molecule is COc1ccc(NC(=O)CN2CCC3=Nc4ccc(Cl)cc4C(=O)C3C2)cc1OC. The minimum Gasteiger partial charge on any atom is -0.493 e. The molecule has 1 fully saturated rings. The molecular formula is C22H22ClN3O4. The summed E-state index contributed by atoms with van der Waals surface area (Å²) in [6, 6.07) is 10.4. The standard InChI is InChI=1S/C22H22ClN3O4/c1-29-19-6-4-14(10-20(19)30-2)24-21(27)12-26-8-7-18-16(11-26)22(28)15-9-13(23)3-5-17(15)25-18/h3-6,9-10,16H,7-8,11-12H2,1-2H3,(H,24,27). The van der Waals surface area contributed by atoms with E-state index in [2.05, 4.69) is 10.3 Å². The monoisotopic (exact) mass is 427 g/mol. The van der Waals surface area contributed by atoms with Crippen LogP contribution in [0.3, 0.4) is 0 Å². The van der Waals surface area contributed by atoms with Gasteiger partial charge in [0, 0.05) is 41.1 Å². The Morgan fingerprint density at radius 2 is 2.00 bits per heavy atom. The molecule has 0 aromatic heterocycles. The number of hydrogen-bond acceptors (Lipinski definition) is 6. The van der Waals surface area contributed by atoms with Gasteiger partial charge >= 0.3 is 0 Å². The highest BCUT2D eigenvalue weighted by atomic mass is 35.5. The maximum atomic E-state index is 13.0. The van der Waals surface area contributed by atoms with Gasteiger partial charge in [0.15, 0.2) is 17.3 Å². The molecule has 1 saturated heterocycles. The van der Waals surface area contributed by atoms with Crippen molar-refractivity contribution in [3.05, 3.63) is 47.0 Å². The molecule has 2 aliphatic rings. The molecule has 0 saturated carbocycles. The summed E-state index contributed by atoms with van der Waals surface area (Å²) < 4.78 is 10.5. The number of piperidine rings is 1. The summed E-state index contributed by atoms with van der Waals surface area (Å²) in [6.07, 6.45) is 0.655. The second-order valence-electron chi connectivity index (χ2n) is 7.28. The number of Topliss-reactive ketones (excluding diaryl/α,β-unsaturated/α-hetero) is 1. The Morgan fingerprint density at radius 3 is 2.77 bits per heavy atom. The number of carbonyl (C=O) groups excluding carboxylic acids is 2. The van der Waals surface area contributed by atoms with E-state index in [1.165, 1.54) is 0 Å². The van der Waals surface area contributed by atoms with Crippen LogP contribution >= 0.6 is 11.6 Å². The van der Waals surface area contributed by atoms with Crippen molar-refractivity contribution < 1.29 is 19.1 Å². The molecule has 2 aromatic rings. The van der Waals surface area contributed by atoms with Crippen molar-refractivity contribution in [3.8, 4) is 11.5 Å². The molecule has 4 rings (SSSR count). The van der Waals surface area contributed by atoms with Gasteiger partial charge in [-0.05, 0) is 36.8 Å². The maximum absolute atomic E-state index is 13.0. The fraction of sp³-hybridized carbons (Fsp3) is 0.318. The molecule has 8 heteroatoms. The second-order valence-corrected chi connectivity index (χ2v) is 7.72. The molecule has 1 N–H and O–H groups in total. The van der Waals surface area contributed by atoms with Crippen LogP contribution in [0.15, 0.2) is 41.4 Å². The first-order valence-electron chi connectivity index (χ1n) is 9.64. The molecule has 2 heterocycles. The number of fused-ring (bicyclic) bond motifs is 2. The number of aliphatic imine (C=N–C) groups is 1. The van der Waals surface area contributed by atoms with Crippen molar-refractivity contribution in [2.75, 3.05) is 39.2 Å². The van der Waals surface area contributed by atoms with Crippen LogP contribution in [0.2, 0.25) is 5.02 Å². The molecule has 0 radical (unpaired) electrons. The van der Waals surface area contributed by atoms with Crippen molar-refractivity contribution in [1.82, 2.24) is 4.90 Å². The van der Waals surface area contributed by atoms with Crippen LogP contribution < -0.4 is 14.8 Å². The minimum atomic E-state index is -0.335. The summed E-state index contributed by atoms with van der Waals surface area (Å²) in [7, 11) is 3.10. The summed E-state index contributed by atoms with van der Waals surface area (Å²) in [4.78, 5) is 32.2. The molecule has 0 spiro atoms. The highest BCUT2D eigenvalue weighted by Crippen LogP contribution is 2.34. The summed E-state index contributed by atoms with van der Waals surface area (Å²) in [6.45, 7) is 1.32. The van der Waals surface area contributed by atoms with E-state index in [1.54, 1.807) is 50.6 Å². The minimum absolute atomic E-state index is 0.0162. The molecule has 7 nitrogen and oxygen atoms in total. The Kier molecular flexibility index (Phi) is 5.74. The predicted octanol–water partition coefficient (Wildman–Crippen LogP) is 3.59. The number of anilines is 1. The Balaban J connectivity index is 1.42. The average Bonchev–Trinajstić information content (AvgIpc) is 2.74. The van der Waals surface area contributed by atoms with Crippen LogP contribution in [0.5, 0.6) is 11.5 Å². The molecule has 2 aliphatic heterocycles. The number of halogens is 1. The molecule has 30 heavy (non-hydrogen) atoms. The van der Waals surface area contributed by atoms with E-state index >= 15 is 0 Å². The lowest BCUT2D eigenvalue weighted by Gasteiger charge is -2.34. The van der Waals surface area contributed by atoms with E-state index < -0.39 is 0 Å². The molecule has 0 aliphatic carbocycles. The first-order valence-corrected chi connectivity index (χ1v) is 10.0. The summed E-state index contributed by atoms with van der Waals surface area (Å²) in [5.41, 5.74) is 2.73.